The Balaban J connectivity index is 1.82. The second kappa shape index (κ2) is 19.5. The van der Waals surface area contributed by atoms with Crippen LogP contribution in [0.4, 0.5) is 5.69 Å². The summed E-state index contributed by atoms with van der Waals surface area (Å²) in [7, 11) is 0. The SMILES string of the molecule is CCCCCCCCCCCC(=O)OCCOCCOCCOc1ccc([N+](=O)[O-])cc1. The van der Waals surface area contributed by atoms with Gasteiger partial charge in [-0.2, -0.15) is 0 Å². The molecule has 1 aromatic carbocycles. The van der Waals surface area contributed by atoms with Crippen molar-refractivity contribution in [1.29, 1.82) is 0 Å². The minimum Gasteiger partial charge on any atom is -0.491 e. The molecule has 1 aromatic rings. The number of nitro groups is 1. The van der Waals surface area contributed by atoms with E-state index in [4.69, 9.17) is 18.9 Å². The van der Waals surface area contributed by atoms with Gasteiger partial charge in [0.25, 0.3) is 5.69 Å². The van der Waals surface area contributed by atoms with Crippen molar-refractivity contribution >= 4 is 11.7 Å². The van der Waals surface area contributed by atoms with Crippen LogP contribution >= 0.6 is 0 Å². The molecule has 0 heterocycles. The summed E-state index contributed by atoms with van der Waals surface area (Å²) in [5.41, 5.74) is 0.0277. The fourth-order valence-electron chi connectivity index (χ4n) is 3.07. The fraction of sp³-hybridized carbons (Fsp3) is 0.708. The minimum atomic E-state index is -0.453. The van der Waals surface area contributed by atoms with E-state index >= 15 is 0 Å². The van der Waals surface area contributed by atoms with Crippen molar-refractivity contribution in [1.82, 2.24) is 0 Å². The first-order valence-electron chi connectivity index (χ1n) is 11.8. The molecule has 8 nitrogen and oxygen atoms in total. The van der Waals surface area contributed by atoms with Gasteiger partial charge < -0.3 is 18.9 Å². The Morgan fingerprint density at radius 1 is 0.781 bits per heavy atom. The highest BCUT2D eigenvalue weighted by atomic mass is 16.6. The van der Waals surface area contributed by atoms with Crippen LogP contribution in [0.5, 0.6) is 5.75 Å². The first kappa shape index (κ1) is 27.8. The van der Waals surface area contributed by atoms with Crippen LogP contribution in [0, 0.1) is 10.1 Å². The lowest BCUT2D eigenvalue weighted by atomic mass is 10.1. The maximum atomic E-state index is 11.7. The normalized spacial score (nSPS) is 10.8. The molecule has 0 amide bonds. The standard InChI is InChI=1S/C24H39NO7/c1-2-3-4-5-6-7-8-9-10-11-24(26)32-21-19-30-17-16-29-18-20-31-23-14-12-22(13-15-23)25(27)28/h12-15H,2-11,16-21H2,1H3. The second-order valence-electron chi connectivity index (χ2n) is 7.62. The van der Waals surface area contributed by atoms with Gasteiger partial charge in [-0.15, -0.1) is 0 Å². The Hall–Kier alpha value is -2.19. The van der Waals surface area contributed by atoms with Gasteiger partial charge in [-0.25, -0.2) is 0 Å². The largest absolute Gasteiger partial charge is 0.491 e. The van der Waals surface area contributed by atoms with Crippen LogP contribution in [0.15, 0.2) is 24.3 Å². The Bertz CT molecular complexity index is 607. The van der Waals surface area contributed by atoms with E-state index in [1.807, 2.05) is 0 Å². The van der Waals surface area contributed by atoms with Crippen LogP contribution in [0.1, 0.15) is 71.1 Å². The van der Waals surface area contributed by atoms with Gasteiger partial charge in [-0.1, -0.05) is 58.3 Å². The summed E-state index contributed by atoms with van der Waals surface area (Å²) in [5, 5.41) is 10.6. The van der Waals surface area contributed by atoms with E-state index in [9.17, 15) is 14.9 Å². The average molecular weight is 454 g/mol. The molecular weight excluding hydrogens is 414 g/mol. The number of carbonyl (C=O) groups is 1. The van der Waals surface area contributed by atoms with Gasteiger partial charge in [0.1, 0.15) is 19.0 Å². The van der Waals surface area contributed by atoms with E-state index in [-0.39, 0.29) is 18.3 Å². The number of nitro benzene ring substituents is 1. The van der Waals surface area contributed by atoms with Crippen LogP contribution in [-0.2, 0) is 19.0 Å². The lowest BCUT2D eigenvalue weighted by Gasteiger charge is -2.08. The molecule has 0 saturated carbocycles. The predicted octanol–water partition coefficient (Wildman–Crippen LogP) is 5.47. The topological polar surface area (TPSA) is 97.1 Å². The maximum Gasteiger partial charge on any atom is 0.305 e. The van der Waals surface area contributed by atoms with Gasteiger partial charge >= 0.3 is 5.97 Å². The highest BCUT2D eigenvalue weighted by molar-refractivity contribution is 5.69. The number of carbonyl (C=O) groups excluding carboxylic acids is 1. The van der Waals surface area contributed by atoms with Crippen molar-refractivity contribution < 1.29 is 28.7 Å². The molecule has 0 unspecified atom stereocenters. The number of unbranched alkanes of at least 4 members (excludes halogenated alkanes) is 8. The Kier molecular flexibility index (Phi) is 17.0. The minimum absolute atomic E-state index is 0.0277. The Morgan fingerprint density at radius 3 is 1.91 bits per heavy atom. The number of non-ortho nitro benzene ring substituents is 1. The van der Waals surface area contributed by atoms with Gasteiger partial charge in [-0.05, 0) is 18.6 Å². The van der Waals surface area contributed by atoms with Crippen molar-refractivity contribution in [2.45, 2.75) is 71.1 Å². The van der Waals surface area contributed by atoms with Crippen molar-refractivity contribution in [3.05, 3.63) is 34.4 Å². The number of rotatable bonds is 21. The molecule has 0 atom stereocenters. The van der Waals surface area contributed by atoms with Gasteiger partial charge in [0.2, 0.25) is 0 Å². The molecule has 0 spiro atoms. The summed E-state index contributed by atoms with van der Waals surface area (Å²) in [5.74, 6) is 0.399. The molecule has 0 bridgehead atoms. The third kappa shape index (κ3) is 15.6. The Morgan fingerprint density at radius 2 is 1.31 bits per heavy atom. The Labute approximate surface area is 191 Å². The predicted molar refractivity (Wildman–Crippen MR) is 123 cm³/mol. The lowest BCUT2D eigenvalue weighted by molar-refractivity contribution is -0.384. The molecule has 0 saturated heterocycles. The van der Waals surface area contributed by atoms with E-state index < -0.39 is 4.92 Å². The van der Waals surface area contributed by atoms with Crippen LogP contribution in [0.2, 0.25) is 0 Å². The molecule has 0 aromatic heterocycles. The van der Waals surface area contributed by atoms with Crippen LogP contribution in [0.25, 0.3) is 0 Å². The zero-order valence-corrected chi connectivity index (χ0v) is 19.4. The number of hydrogen-bond donors (Lipinski definition) is 0. The molecule has 182 valence electrons. The van der Waals surface area contributed by atoms with E-state index in [0.29, 0.717) is 45.2 Å². The zero-order chi connectivity index (χ0) is 23.3. The van der Waals surface area contributed by atoms with Gasteiger partial charge in [0.15, 0.2) is 0 Å². The molecule has 0 aliphatic carbocycles. The number of benzene rings is 1. The molecule has 0 fully saturated rings. The van der Waals surface area contributed by atoms with E-state index in [1.165, 1.54) is 57.1 Å². The molecule has 8 heteroatoms. The molecule has 32 heavy (non-hydrogen) atoms. The van der Waals surface area contributed by atoms with Gasteiger partial charge in [0.05, 0.1) is 31.4 Å². The third-order valence-corrected chi connectivity index (χ3v) is 4.89. The van der Waals surface area contributed by atoms with Gasteiger partial charge in [-0.3, -0.25) is 14.9 Å². The quantitative estimate of drug-likeness (QED) is 0.105. The van der Waals surface area contributed by atoms with Crippen LogP contribution < -0.4 is 4.74 Å². The monoisotopic (exact) mass is 453 g/mol. The maximum absolute atomic E-state index is 11.7. The second-order valence-corrected chi connectivity index (χ2v) is 7.62. The van der Waals surface area contributed by atoms with Crippen molar-refractivity contribution in [3.63, 3.8) is 0 Å². The summed E-state index contributed by atoms with van der Waals surface area (Å²) >= 11 is 0. The first-order valence-corrected chi connectivity index (χ1v) is 11.8. The highest BCUT2D eigenvalue weighted by Crippen LogP contribution is 2.17. The molecule has 0 aliphatic rings. The molecular formula is C24H39NO7. The number of hydrogen-bond acceptors (Lipinski definition) is 7. The summed E-state index contributed by atoms with van der Waals surface area (Å²) in [4.78, 5) is 21.8. The smallest absolute Gasteiger partial charge is 0.305 e. The lowest BCUT2D eigenvalue weighted by Crippen LogP contribution is -2.14. The first-order chi connectivity index (χ1) is 15.6. The number of nitrogens with zero attached hydrogens (tertiary/aromatic N) is 1. The molecule has 0 radical (unpaired) electrons. The summed E-state index contributed by atoms with van der Waals surface area (Å²) in [6.07, 6.45) is 11.5. The van der Waals surface area contributed by atoms with Crippen molar-refractivity contribution in [3.8, 4) is 5.75 Å². The van der Waals surface area contributed by atoms with Crippen LogP contribution in [0.3, 0.4) is 0 Å². The number of esters is 1. The average Bonchev–Trinajstić information content (AvgIpc) is 2.79. The zero-order valence-electron chi connectivity index (χ0n) is 19.4. The summed E-state index contributed by atoms with van der Waals surface area (Å²) < 4.78 is 21.4. The molecule has 0 aliphatic heterocycles. The van der Waals surface area contributed by atoms with E-state index in [0.717, 1.165) is 12.8 Å². The molecule has 0 N–H and O–H groups in total. The van der Waals surface area contributed by atoms with Crippen molar-refractivity contribution in [2.24, 2.45) is 0 Å². The number of ether oxygens (including phenoxy) is 4. The fourth-order valence-corrected chi connectivity index (χ4v) is 3.07. The van der Waals surface area contributed by atoms with Gasteiger partial charge in [0, 0.05) is 18.6 Å². The highest BCUT2D eigenvalue weighted by Gasteiger charge is 2.04. The molecule has 1 rings (SSSR count). The van der Waals surface area contributed by atoms with E-state index in [2.05, 4.69) is 6.92 Å². The van der Waals surface area contributed by atoms with Crippen LogP contribution in [-0.4, -0.2) is 50.5 Å². The van der Waals surface area contributed by atoms with Crippen molar-refractivity contribution in [2.75, 3.05) is 39.6 Å². The van der Waals surface area contributed by atoms with E-state index in [1.54, 1.807) is 12.1 Å². The summed E-state index contributed by atoms with van der Waals surface area (Å²) in [6.45, 7) is 4.39. The summed E-state index contributed by atoms with van der Waals surface area (Å²) in [6, 6.07) is 5.90. The third-order valence-electron chi connectivity index (χ3n) is 4.89.